The first-order chi connectivity index (χ1) is 7.68. The number of aryl methyl sites for hydroxylation is 1. The zero-order chi connectivity index (χ0) is 13.3. The number of hydrogen-bond donors (Lipinski definition) is 2. The third-order valence-corrected chi connectivity index (χ3v) is 4.03. The fourth-order valence-corrected chi connectivity index (χ4v) is 2.77. The summed E-state index contributed by atoms with van der Waals surface area (Å²) in [5.74, 6) is -0.759. The summed E-state index contributed by atoms with van der Waals surface area (Å²) in [4.78, 5) is -0.357. The van der Waals surface area contributed by atoms with Crippen LogP contribution < -0.4 is 10.5 Å². The fourth-order valence-electron chi connectivity index (χ4n) is 1.28. The molecule has 0 heterocycles. The maximum Gasteiger partial charge on any atom is 0.244 e. The Labute approximate surface area is 101 Å². The Morgan fingerprint density at radius 3 is 2.47 bits per heavy atom. The first-order valence-electron chi connectivity index (χ1n) is 5.18. The second-order valence-corrected chi connectivity index (χ2v) is 6.28. The summed E-state index contributed by atoms with van der Waals surface area (Å²) in [5.41, 5.74) is 5.29. The van der Waals surface area contributed by atoms with E-state index in [9.17, 15) is 12.8 Å². The lowest BCUT2D eigenvalue weighted by molar-refractivity contribution is 0.459. The van der Waals surface area contributed by atoms with Crippen LogP contribution in [0.5, 0.6) is 0 Å². The van der Waals surface area contributed by atoms with Crippen molar-refractivity contribution in [1.29, 1.82) is 0 Å². The molecule has 0 bridgehead atoms. The Balaban J connectivity index is 3.14. The summed E-state index contributed by atoms with van der Waals surface area (Å²) >= 11 is 0. The van der Waals surface area contributed by atoms with Gasteiger partial charge in [0, 0.05) is 12.1 Å². The molecule has 0 radical (unpaired) electrons. The third-order valence-electron chi connectivity index (χ3n) is 2.30. The van der Waals surface area contributed by atoms with Crippen LogP contribution in [0.1, 0.15) is 19.4 Å². The molecule has 0 unspecified atom stereocenters. The molecule has 96 valence electrons. The maximum absolute atomic E-state index is 13.6. The van der Waals surface area contributed by atoms with Crippen molar-refractivity contribution in [3.63, 3.8) is 0 Å². The fraction of sp³-hybridized carbons (Fsp3) is 0.455. The van der Waals surface area contributed by atoms with Gasteiger partial charge in [-0.15, -0.1) is 0 Å². The van der Waals surface area contributed by atoms with Gasteiger partial charge in [0.1, 0.15) is 10.7 Å². The van der Waals surface area contributed by atoms with Crippen molar-refractivity contribution in [3.8, 4) is 0 Å². The van der Waals surface area contributed by atoms with E-state index >= 15 is 0 Å². The molecule has 0 saturated carbocycles. The second kappa shape index (κ2) is 4.72. The van der Waals surface area contributed by atoms with Crippen LogP contribution in [0.25, 0.3) is 0 Å². The molecular weight excluding hydrogens is 243 g/mol. The van der Waals surface area contributed by atoms with Gasteiger partial charge in [0.05, 0.1) is 0 Å². The average molecular weight is 260 g/mol. The highest BCUT2D eigenvalue weighted by atomic mass is 32.2. The van der Waals surface area contributed by atoms with Crippen LogP contribution in [0.4, 0.5) is 4.39 Å². The second-order valence-electron chi connectivity index (χ2n) is 4.63. The Bertz CT molecular complexity index is 512. The lowest BCUT2D eigenvalue weighted by Gasteiger charge is -2.24. The number of nitrogens with one attached hydrogen (secondary N) is 1. The van der Waals surface area contributed by atoms with Crippen molar-refractivity contribution in [2.24, 2.45) is 5.73 Å². The molecule has 1 aromatic carbocycles. The molecule has 1 aromatic rings. The van der Waals surface area contributed by atoms with E-state index in [4.69, 9.17) is 5.73 Å². The SMILES string of the molecule is Cc1ccc(S(=O)(=O)NC(C)(C)CN)c(F)c1. The summed E-state index contributed by atoms with van der Waals surface area (Å²) in [6, 6.07) is 3.98. The van der Waals surface area contributed by atoms with E-state index < -0.39 is 21.4 Å². The maximum atomic E-state index is 13.6. The molecule has 3 N–H and O–H groups in total. The van der Waals surface area contributed by atoms with Crippen LogP contribution in [0.15, 0.2) is 23.1 Å². The van der Waals surface area contributed by atoms with Crippen LogP contribution in [-0.4, -0.2) is 20.5 Å². The van der Waals surface area contributed by atoms with Crippen LogP contribution in [0, 0.1) is 12.7 Å². The van der Waals surface area contributed by atoms with Gasteiger partial charge < -0.3 is 5.73 Å². The highest BCUT2D eigenvalue weighted by Gasteiger charge is 2.26. The predicted molar refractivity (Wildman–Crippen MR) is 64.6 cm³/mol. The number of halogens is 1. The number of rotatable bonds is 4. The quantitative estimate of drug-likeness (QED) is 0.853. The number of benzene rings is 1. The van der Waals surface area contributed by atoms with Gasteiger partial charge in [-0.05, 0) is 38.5 Å². The normalized spacial score (nSPS) is 12.8. The lowest BCUT2D eigenvalue weighted by atomic mass is 10.1. The van der Waals surface area contributed by atoms with Gasteiger partial charge in [-0.2, -0.15) is 0 Å². The summed E-state index contributed by atoms with van der Waals surface area (Å²) in [5, 5.41) is 0. The summed E-state index contributed by atoms with van der Waals surface area (Å²) in [7, 11) is -3.88. The van der Waals surface area contributed by atoms with Crippen molar-refractivity contribution in [2.75, 3.05) is 6.54 Å². The van der Waals surface area contributed by atoms with E-state index in [1.165, 1.54) is 12.1 Å². The summed E-state index contributed by atoms with van der Waals surface area (Å²) in [6.07, 6.45) is 0. The van der Waals surface area contributed by atoms with Crippen LogP contribution >= 0.6 is 0 Å². The van der Waals surface area contributed by atoms with Gasteiger partial charge in [0.25, 0.3) is 0 Å². The largest absolute Gasteiger partial charge is 0.329 e. The molecule has 0 aromatic heterocycles. The molecular formula is C11H17FN2O2S. The minimum absolute atomic E-state index is 0.125. The average Bonchev–Trinajstić information content (AvgIpc) is 2.15. The molecule has 0 amide bonds. The zero-order valence-corrected chi connectivity index (χ0v) is 10.9. The zero-order valence-electron chi connectivity index (χ0n) is 10.1. The van der Waals surface area contributed by atoms with E-state index in [-0.39, 0.29) is 11.4 Å². The number of nitrogens with two attached hydrogens (primary N) is 1. The Hall–Kier alpha value is -0.980. The Kier molecular flexibility index (Phi) is 3.91. The van der Waals surface area contributed by atoms with Crippen LogP contribution in [-0.2, 0) is 10.0 Å². The Morgan fingerprint density at radius 1 is 1.41 bits per heavy atom. The smallest absolute Gasteiger partial charge is 0.244 e. The highest BCUT2D eigenvalue weighted by Crippen LogP contribution is 2.17. The Morgan fingerprint density at radius 2 is 2.00 bits per heavy atom. The summed E-state index contributed by atoms with van der Waals surface area (Å²) < 4.78 is 39.8. The molecule has 0 aliphatic heterocycles. The molecule has 0 spiro atoms. The molecule has 0 saturated heterocycles. The van der Waals surface area contributed by atoms with E-state index in [1.807, 2.05) is 0 Å². The molecule has 17 heavy (non-hydrogen) atoms. The van der Waals surface area contributed by atoms with Crippen molar-refractivity contribution >= 4 is 10.0 Å². The number of hydrogen-bond acceptors (Lipinski definition) is 3. The first-order valence-corrected chi connectivity index (χ1v) is 6.66. The lowest BCUT2D eigenvalue weighted by Crippen LogP contribution is -2.48. The van der Waals surface area contributed by atoms with E-state index in [1.54, 1.807) is 26.8 Å². The molecule has 0 aliphatic carbocycles. The minimum Gasteiger partial charge on any atom is -0.329 e. The van der Waals surface area contributed by atoms with E-state index in [0.29, 0.717) is 5.56 Å². The van der Waals surface area contributed by atoms with E-state index in [2.05, 4.69) is 4.72 Å². The van der Waals surface area contributed by atoms with Crippen LogP contribution in [0.3, 0.4) is 0 Å². The van der Waals surface area contributed by atoms with Crippen LogP contribution in [0.2, 0.25) is 0 Å². The van der Waals surface area contributed by atoms with Gasteiger partial charge in [-0.1, -0.05) is 6.07 Å². The van der Waals surface area contributed by atoms with E-state index in [0.717, 1.165) is 0 Å². The van der Waals surface area contributed by atoms with Gasteiger partial charge in [0.15, 0.2) is 0 Å². The molecule has 0 atom stereocenters. The molecule has 0 fully saturated rings. The monoisotopic (exact) mass is 260 g/mol. The topological polar surface area (TPSA) is 72.2 Å². The van der Waals surface area contributed by atoms with Gasteiger partial charge in [-0.3, -0.25) is 0 Å². The minimum atomic E-state index is -3.88. The first kappa shape index (κ1) is 14.1. The van der Waals surface area contributed by atoms with Gasteiger partial charge in [0.2, 0.25) is 10.0 Å². The molecule has 0 aliphatic rings. The van der Waals surface area contributed by atoms with Gasteiger partial charge >= 0.3 is 0 Å². The standard InChI is InChI=1S/C11H17FN2O2S/c1-8-4-5-10(9(12)6-8)17(15,16)14-11(2,3)7-13/h4-6,14H,7,13H2,1-3H3. The molecule has 4 nitrogen and oxygen atoms in total. The predicted octanol–water partition coefficient (Wildman–Crippen LogP) is 1.15. The van der Waals surface area contributed by atoms with Crippen molar-refractivity contribution in [1.82, 2.24) is 4.72 Å². The third kappa shape index (κ3) is 3.49. The van der Waals surface area contributed by atoms with Crippen molar-refractivity contribution in [3.05, 3.63) is 29.6 Å². The number of sulfonamides is 1. The molecule has 6 heteroatoms. The van der Waals surface area contributed by atoms with Gasteiger partial charge in [-0.25, -0.2) is 17.5 Å². The van der Waals surface area contributed by atoms with Crippen molar-refractivity contribution in [2.45, 2.75) is 31.2 Å². The summed E-state index contributed by atoms with van der Waals surface area (Å²) in [6.45, 7) is 5.09. The molecule has 1 rings (SSSR count). The van der Waals surface area contributed by atoms with Crippen molar-refractivity contribution < 1.29 is 12.8 Å². The highest BCUT2D eigenvalue weighted by molar-refractivity contribution is 7.89.